The zero-order valence-electron chi connectivity index (χ0n) is 23.2. The molecule has 11 nitrogen and oxygen atoms in total. The summed E-state index contributed by atoms with van der Waals surface area (Å²) in [5.41, 5.74) is 5.87. The monoisotopic (exact) mass is 612 g/mol. The summed E-state index contributed by atoms with van der Waals surface area (Å²) in [4.78, 5) is 32.2. The van der Waals surface area contributed by atoms with E-state index in [0.29, 0.717) is 50.0 Å². The largest absolute Gasteiger partial charge is 0.491 e. The van der Waals surface area contributed by atoms with Gasteiger partial charge in [-0.3, -0.25) is 14.6 Å². The number of aromatic nitrogens is 3. The number of carbonyl (C=O) groups is 2. The lowest BCUT2D eigenvalue weighted by atomic mass is 10.0. The summed E-state index contributed by atoms with van der Waals surface area (Å²) in [6, 6.07) is 5.00. The van der Waals surface area contributed by atoms with E-state index in [0.717, 1.165) is 0 Å². The fourth-order valence-electron chi connectivity index (χ4n) is 5.68. The van der Waals surface area contributed by atoms with Crippen LogP contribution in [0.2, 0.25) is 5.02 Å². The number of nitrogens with zero attached hydrogens (tertiary/aromatic N) is 5. The van der Waals surface area contributed by atoms with Crippen molar-refractivity contribution in [3.05, 3.63) is 29.1 Å². The molecule has 2 atom stereocenters. The number of benzene rings is 1. The molecular weight excluding hydrogens is 581 g/mol. The minimum atomic E-state index is -5.23. The molecule has 228 valence electrons. The third-order valence-corrected chi connectivity index (χ3v) is 8.13. The number of halogens is 4. The second kappa shape index (κ2) is 12.2. The predicted octanol–water partition coefficient (Wildman–Crippen LogP) is 3.62. The fourth-order valence-corrected chi connectivity index (χ4v) is 5.95. The summed E-state index contributed by atoms with van der Waals surface area (Å²) < 4.78 is 57.8. The minimum Gasteiger partial charge on any atom is -0.402 e. The Hall–Kier alpha value is -3.20. The Bertz CT molecular complexity index is 1450. The Morgan fingerprint density at radius 2 is 1.83 bits per heavy atom. The van der Waals surface area contributed by atoms with Crippen LogP contribution in [0.3, 0.4) is 0 Å². The fraction of sp³-hybridized carbons (Fsp3) is 0.556. The van der Waals surface area contributed by atoms with Gasteiger partial charge < -0.3 is 24.3 Å². The zero-order chi connectivity index (χ0) is 30.2. The predicted molar refractivity (Wildman–Crippen MR) is 146 cm³/mol. The van der Waals surface area contributed by atoms with Gasteiger partial charge in [-0.1, -0.05) is 28.9 Å². The number of nitrogens with two attached hydrogens (primary N) is 1. The van der Waals surface area contributed by atoms with Crippen LogP contribution in [0.25, 0.3) is 22.3 Å². The lowest BCUT2D eigenvalue weighted by molar-refractivity contribution is -0.190. The van der Waals surface area contributed by atoms with Crippen LogP contribution < -0.4 is 10.5 Å². The van der Waals surface area contributed by atoms with Crippen LogP contribution in [0.4, 0.5) is 13.2 Å². The van der Waals surface area contributed by atoms with E-state index in [-0.39, 0.29) is 65.8 Å². The Kier molecular flexibility index (Phi) is 8.78. The molecule has 2 saturated heterocycles. The molecule has 1 amide bonds. The SMILES string of the molecule is CC1CN(Cc2nc(-c3c(OC(=O)C(F)(F)F)n(CC4CCOCC4)c4c(Cl)cccc34)no2)C(C)CN1CC(N)=O. The van der Waals surface area contributed by atoms with Gasteiger partial charge in [-0.2, -0.15) is 18.2 Å². The number of para-hydroxylation sites is 1. The van der Waals surface area contributed by atoms with E-state index >= 15 is 0 Å². The number of alkyl halides is 3. The number of ether oxygens (including phenoxy) is 2. The molecule has 2 fully saturated rings. The zero-order valence-corrected chi connectivity index (χ0v) is 24.0. The average Bonchev–Trinajstić information content (AvgIpc) is 3.49. The molecule has 1 aromatic carbocycles. The maximum Gasteiger partial charge on any atom is 0.491 e. The van der Waals surface area contributed by atoms with Gasteiger partial charge in [0.15, 0.2) is 0 Å². The van der Waals surface area contributed by atoms with Crippen LogP contribution in [0, 0.1) is 5.92 Å². The van der Waals surface area contributed by atoms with Crippen molar-refractivity contribution in [2.45, 2.75) is 58.0 Å². The van der Waals surface area contributed by atoms with Crippen molar-refractivity contribution >= 4 is 34.4 Å². The number of amides is 1. The van der Waals surface area contributed by atoms with Gasteiger partial charge in [0.05, 0.1) is 29.2 Å². The molecule has 5 rings (SSSR count). The number of rotatable bonds is 8. The lowest BCUT2D eigenvalue weighted by Gasteiger charge is -2.43. The lowest BCUT2D eigenvalue weighted by Crippen LogP contribution is -2.57. The molecule has 0 aliphatic carbocycles. The highest BCUT2D eigenvalue weighted by Gasteiger charge is 2.43. The highest BCUT2D eigenvalue weighted by molar-refractivity contribution is 6.35. The summed E-state index contributed by atoms with van der Waals surface area (Å²) in [6.07, 6.45) is -3.86. The van der Waals surface area contributed by atoms with Crippen molar-refractivity contribution in [2.24, 2.45) is 11.7 Å². The van der Waals surface area contributed by atoms with Crippen LogP contribution in [0.1, 0.15) is 32.6 Å². The summed E-state index contributed by atoms with van der Waals surface area (Å²) in [6.45, 7) is 6.89. The molecule has 0 saturated carbocycles. The van der Waals surface area contributed by atoms with Gasteiger partial charge in [0.2, 0.25) is 23.5 Å². The van der Waals surface area contributed by atoms with Crippen molar-refractivity contribution in [1.29, 1.82) is 0 Å². The smallest absolute Gasteiger partial charge is 0.402 e. The van der Waals surface area contributed by atoms with Crippen molar-refractivity contribution in [3.63, 3.8) is 0 Å². The van der Waals surface area contributed by atoms with Crippen LogP contribution >= 0.6 is 11.6 Å². The summed E-state index contributed by atoms with van der Waals surface area (Å²) in [5.74, 6) is -2.85. The molecule has 0 bridgehead atoms. The summed E-state index contributed by atoms with van der Waals surface area (Å²) >= 11 is 6.57. The van der Waals surface area contributed by atoms with Crippen LogP contribution in [0.5, 0.6) is 5.88 Å². The quantitative estimate of drug-likeness (QED) is 0.379. The van der Waals surface area contributed by atoms with Gasteiger partial charge in [-0.25, -0.2) is 4.79 Å². The molecule has 3 aromatic rings. The van der Waals surface area contributed by atoms with Gasteiger partial charge in [-0.15, -0.1) is 0 Å². The highest BCUT2D eigenvalue weighted by Crippen LogP contribution is 2.43. The normalized spacial score (nSPS) is 21.2. The van der Waals surface area contributed by atoms with Gasteiger partial charge in [0.25, 0.3) is 0 Å². The minimum absolute atomic E-state index is 0.0268. The van der Waals surface area contributed by atoms with E-state index in [1.807, 2.05) is 18.7 Å². The second-order valence-corrected chi connectivity index (χ2v) is 11.3. The standard InChI is InChI=1S/C27H32ClF3N6O5/c1-15-11-36(16(2)10-35(15)13-20(32)38)14-21-33-24(34-42-21)22-18-4-3-5-19(28)23(18)37(12-17-6-8-40-9-7-17)25(22)41-26(39)27(29,30)31/h3-5,15-17H,6-14H2,1-2H3,(H2,32,38). The second-order valence-electron chi connectivity index (χ2n) is 10.9. The topological polar surface area (TPSA) is 129 Å². The molecule has 2 aliphatic rings. The van der Waals surface area contributed by atoms with Crippen molar-refractivity contribution < 1.29 is 36.8 Å². The molecule has 2 N–H and O–H groups in total. The highest BCUT2D eigenvalue weighted by atomic mass is 35.5. The van der Waals surface area contributed by atoms with Crippen molar-refractivity contribution in [2.75, 3.05) is 32.8 Å². The van der Waals surface area contributed by atoms with Crippen LogP contribution in [0.15, 0.2) is 22.7 Å². The first-order valence-electron chi connectivity index (χ1n) is 13.7. The van der Waals surface area contributed by atoms with E-state index in [1.54, 1.807) is 18.2 Å². The first-order valence-corrected chi connectivity index (χ1v) is 14.1. The Morgan fingerprint density at radius 3 is 2.52 bits per heavy atom. The van der Waals surface area contributed by atoms with Crippen LogP contribution in [-0.4, -0.2) is 87.5 Å². The first kappa shape index (κ1) is 30.3. The Labute approximate surface area is 244 Å². The van der Waals surface area contributed by atoms with Crippen LogP contribution in [-0.2, 0) is 27.4 Å². The Morgan fingerprint density at radius 1 is 1.14 bits per heavy atom. The molecule has 0 radical (unpaired) electrons. The number of piperazine rings is 1. The molecule has 15 heteroatoms. The number of fused-ring (bicyclic) bond motifs is 1. The third-order valence-electron chi connectivity index (χ3n) is 7.82. The third kappa shape index (κ3) is 6.41. The number of carbonyl (C=O) groups excluding carboxylic acids is 2. The average molecular weight is 613 g/mol. The van der Waals surface area contributed by atoms with E-state index in [9.17, 15) is 22.8 Å². The molecule has 42 heavy (non-hydrogen) atoms. The van der Waals surface area contributed by atoms with Crippen molar-refractivity contribution in [3.8, 4) is 17.3 Å². The molecule has 2 unspecified atom stereocenters. The van der Waals surface area contributed by atoms with Gasteiger partial charge >= 0.3 is 12.1 Å². The molecular formula is C27H32ClF3N6O5. The number of primary amides is 1. The summed E-state index contributed by atoms with van der Waals surface area (Å²) in [5, 5.41) is 4.79. The van der Waals surface area contributed by atoms with Gasteiger partial charge in [0, 0.05) is 50.3 Å². The summed E-state index contributed by atoms with van der Waals surface area (Å²) in [7, 11) is 0. The van der Waals surface area contributed by atoms with E-state index < -0.39 is 18.1 Å². The number of esters is 1. The maximum absolute atomic E-state index is 13.4. The first-order chi connectivity index (χ1) is 19.9. The van der Waals surface area contributed by atoms with Crippen molar-refractivity contribution in [1.82, 2.24) is 24.5 Å². The molecule has 0 spiro atoms. The molecule has 4 heterocycles. The molecule has 2 aromatic heterocycles. The van der Waals surface area contributed by atoms with E-state index in [4.69, 9.17) is 31.3 Å². The van der Waals surface area contributed by atoms with Gasteiger partial charge in [-0.05, 0) is 38.7 Å². The molecule has 2 aliphatic heterocycles. The van der Waals surface area contributed by atoms with E-state index in [2.05, 4.69) is 15.0 Å². The van der Waals surface area contributed by atoms with Gasteiger partial charge in [0.1, 0.15) is 0 Å². The van der Waals surface area contributed by atoms with E-state index in [1.165, 1.54) is 4.57 Å². The number of hydrogen-bond donors (Lipinski definition) is 1. The number of hydrogen-bond acceptors (Lipinski definition) is 9. The maximum atomic E-state index is 13.4. The Balaban J connectivity index is 1.51.